The summed E-state index contributed by atoms with van der Waals surface area (Å²) in [5.41, 5.74) is 6.83. The second kappa shape index (κ2) is 9.80. The van der Waals surface area contributed by atoms with Crippen molar-refractivity contribution < 1.29 is 14.6 Å². The Labute approximate surface area is 202 Å². The smallest absolute Gasteiger partial charge is 0.302 e. The van der Waals surface area contributed by atoms with Crippen molar-refractivity contribution >= 4 is 5.97 Å². The minimum absolute atomic E-state index is 0.0648. The second-order valence-electron chi connectivity index (χ2n) is 12.9. The molecule has 0 saturated heterocycles. The van der Waals surface area contributed by atoms with Crippen molar-refractivity contribution in [3.05, 3.63) is 0 Å². The molecule has 0 radical (unpaired) electrons. The lowest BCUT2D eigenvalue weighted by atomic mass is 9.41. The van der Waals surface area contributed by atoms with Crippen molar-refractivity contribution in [2.45, 2.75) is 142 Å². The van der Waals surface area contributed by atoms with Crippen LogP contribution in [-0.2, 0) is 9.53 Å². The molecule has 0 bridgehead atoms. The lowest BCUT2D eigenvalue weighted by Crippen LogP contribution is -2.73. The molecule has 0 aromatic rings. The molecule has 4 heteroatoms. The Morgan fingerprint density at radius 3 is 2.45 bits per heavy atom. The largest absolute Gasteiger partial charge is 0.462 e. The highest BCUT2D eigenvalue weighted by molar-refractivity contribution is 5.66. The fourth-order valence-electron chi connectivity index (χ4n) is 9.42. The SMILES string of the molecule is CCCCCCCC[C@H]1CC[C@H]2[C@@H]3C[C@@H](O)[C@@]4(N)C[C@@H](OC(C)=O)CC[C@]4(C)[C@H]3CC[C@]12C. The summed E-state index contributed by atoms with van der Waals surface area (Å²) < 4.78 is 5.57. The third kappa shape index (κ3) is 4.41. The van der Waals surface area contributed by atoms with Gasteiger partial charge in [-0.2, -0.15) is 0 Å². The Morgan fingerprint density at radius 2 is 1.73 bits per heavy atom. The number of aliphatic hydroxyl groups is 1. The summed E-state index contributed by atoms with van der Waals surface area (Å²) in [5.74, 6) is 2.56. The van der Waals surface area contributed by atoms with Gasteiger partial charge in [0.1, 0.15) is 6.10 Å². The summed E-state index contributed by atoms with van der Waals surface area (Å²) in [6, 6.07) is 0. The number of nitrogens with two attached hydrogens (primary N) is 1. The van der Waals surface area contributed by atoms with Gasteiger partial charge in [0.25, 0.3) is 0 Å². The molecule has 4 saturated carbocycles. The van der Waals surface area contributed by atoms with Crippen LogP contribution in [0.3, 0.4) is 0 Å². The van der Waals surface area contributed by atoms with Crippen LogP contribution in [0.15, 0.2) is 0 Å². The monoisotopic (exact) mass is 461 g/mol. The van der Waals surface area contributed by atoms with Gasteiger partial charge in [-0.15, -0.1) is 0 Å². The Morgan fingerprint density at radius 1 is 1.00 bits per heavy atom. The number of carbonyl (C=O) groups excluding carboxylic acids is 1. The van der Waals surface area contributed by atoms with Crippen LogP contribution in [0.25, 0.3) is 0 Å². The van der Waals surface area contributed by atoms with Crippen molar-refractivity contribution in [3.63, 3.8) is 0 Å². The summed E-state index contributed by atoms with van der Waals surface area (Å²) in [4.78, 5) is 11.6. The molecule has 0 unspecified atom stereocenters. The van der Waals surface area contributed by atoms with Crippen LogP contribution in [0, 0.1) is 34.5 Å². The summed E-state index contributed by atoms with van der Waals surface area (Å²) in [6.45, 7) is 8.73. The highest BCUT2D eigenvalue weighted by atomic mass is 16.5. The van der Waals surface area contributed by atoms with E-state index in [1.165, 1.54) is 77.6 Å². The van der Waals surface area contributed by atoms with Gasteiger partial charge in [0.15, 0.2) is 0 Å². The van der Waals surface area contributed by atoms with Crippen LogP contribution in [0.5, 0.6) is 0 Å². The Bertz CT molecular complexity index is 696. The quantitative estimate of drug-likeness (QED) is 0.325. The van der Waals surface area contributed by atoms with Gasteiger partial charge in [-0.05, 0) is 85.9 Å². The summed E-state index contributed by atoms with van der Waals surface area (Å²) in [5, 5.41) is 11.5. The summed E-state index contributed by atoms with van der Waals surface area (Å²) >= 11 is 0. The molecule has 190 valence electrons. The predicted molar refractivity (Wildman–Crippen MR) is 134 cm³/mol. The van der Waals surface area contributed by atoms with Crippen molar-refractivity contribution in [2.24, 2.45) is 40.2 Å². The zero-order valence-electron chi connectivity index (χ0n) is 21.9. The van der Waals surface area contributed by atoms with Crippen LogP contribution in [0.4, 0.5) is 0 Å². The van der Waals surface area contributed by atoms with E-state index in [0.29, 0.717) is 23.7 Å². The molecule has 4 rings (SSSR count). The third-order valence-electron chi connectivity index (χ3n) is 11.4. The van der Waals surface area contributed by atoms with Gasteiger partial charge in [0.05, 0.1) is 11.6 Å². The van der Waals surface area contributed by atoms with Gasteiger partial charge < -0.3 is 15.6 Å². The molecule has 33 heavy (non-hydrogen) atoms. The highest BCUT2D eigenvalue weighted by Gasteiger charge is 2.66. The first-order valence-electron chi connectivity index (χ1n) is 14.3. The zero-order valence-corrected chi connectivity index (χ0v) is 21.9. The number of carbonyl (C=O) groups is 1. The van der Waals surface area contributed by atoms with Gasteiger partial charge >= 0.3 is 5.97 Å². The molecule has 4 aliphatic carbocycles. The maximum absolute atomic E-state index is 11.6. The van der Waals surface area contributed by atoms with Gasteiger partial charge in [0.2, 0.25) is 0 Å². The van der Waals surface area contributed by atoms with Crippen molar-refractivity contribution in [1.82, 2.24) is 0 Å². The average molecular weight is 462 g/mol. The number of esters is 1. The van der Waals surface area contributed by atoms with Crippen molar-refractivity contribution in [2.75, 3.05) is 0 Å². The fraction of sp³-hybridized carbons (Fsp3) is 0.966. The number of ether oxygens (including phenoxy) is 1. The van der Waals surface area contributed by atoms with Crippen LogP contribution in [0.2, 0.25) is 0 Å². The van der Waals surface area contributed by atoms with E-state index in [1.807, 2.05) is 0 Å². The average Bonchev–Trinajstić information content (AvgIpc) is 3.09. The van der Waals surface area contributed by atoms with E-state index in [9.17, 15) is 9.90 Å². The maximum Gasteiger partial charge on any atom is 0.302 e. The van der Waals surface area contributed by atoms with Gasteiger partial charge in [-0.3, -0.25) is 4.79 Å². The van der Waals surface area contributed by atoms with Crippen LogP contribution < -0.4 is 5.73 Å². The zero-order chi connectivity index (χ0) is 23.9. The molecule has 0 heterocycles. The first-order chi connectivity index (χ1) is 15.7. The van der Waals surface area contributed by atoms with E-state index in [2.05, 4.69) is 20.8 Å². The van der Waals surface area contributed by atoms with Crippen molar-refractivity contribution in [1.29, 1.82) is 0 Å². The Balaban J connectivity index is 1.44. The van der Waals surface area contributed by atoms with E-state index in [4.69, 9.17) is 10.5 Å². The number of hydrogen-bond acceptors (Lipinski definition) is 4. The predicted octanol–water partition coefficient (Wildman–Crippen LogP) is 6.38. The fourth-order valence-corrected chi connectivity index (χ4v) is 9.42. The maximum atomic E-state index is 11.6. The number of unbranched alkanes of at least 4 members (excludes halogenated alkanes) is 5. The molecule has 9 atom stereocenters. The lowest BCUT2D eigenvalue weighted by molar-refractivity contribution is -0.191. The molecule has 4 aliphatic rings. The molecule has 3 N–H and O–H groups in total. The lowest BCUT2D eigenvalue weighted by Gasteiger charge is -2.66. The molecular formula is C29H51NO3. The number of aliphatic hydroxyl groups excluding tert-OH is 1. The standard InChI is InChI=1S/C29H51NO3/c1-5-6-7-8-9-10-11-21-12-13-24-23-18-26(32)29(30)19-22(33-20(2)31)14-17-28(29,4)25(23)15-16-27(21,24)3/h21-26,32H,5-19,30H2,1-4H3/t21-,22-,23-,24-,25-,26+,27+,28+,29-/m0/s1. The van der Waals surface area contributed by atoms with Gasteiger partial charge in [-0.1, -0.05) is 59.3 Å². The van der Waals surface area contributed by atoms with Crippen LogP contribution in [0.1, 0.15) is 124 Å². The minimum Gasteiger partial charge on any atom is -0.462 e. The highest BCUT2D eigenvalue weighted by Crippen LogP contribution is 2.68. The second-order valence-corrected chi connectivity index (χ2v) is 12.9. The number of fused-ring (bicyclic) bond motifs is 5. The molecule has 0 aliphatic heterocycles. The Hall–Kier alpha value is -0.610. The Kier molecular flexibility index (Phi) is 7.57. The molecule has 0 amide bonds. The number of hydrogen-bond donors (Lipinski definition) is 2. The first-order valence-corrected chi connectivity index (χ1v) is 14.3. The van der Waals surface area contributed by atoms with Crippen molar-refractivity contribution in [3.8, 4) is 0 Å². The van der Waals surface area contributed by atoms with E-state index in [-0.39, 0.29) is 17.5 Å². The minimum atomic E-state index is -0.642. The summed E-state index contributed by atoms with van der Waals surface area (Å²) in [6.07, 6.45) is 17.7. The van der Waals surface area contributed by atoms with E-state index >= 15 is 0 Å². The number of rotatable bonds is 8. The molecule has 0 aromatic heterocycles. The molecule has 0 aromatic carbocycles. The molecule has 0 spiro atoms. The molecule has 4 fully saturated rings. The van der Waals surface area contributed by atoms with Gasteiger partial charge in [0, 0.05) is 13.3 Å². The van der Waals surface area contributed by atoms with Crippen LogP contribution in [-0.4, -0.2) is 28.8 Å². The van der Waals surface area contributed by atoms with E-state index < -0.39 is 11.6 Å². The normalized spacial score (nSPS) is 46.8. The topological polar surface area (TPSA) is 72.6 Å². The third-order valence-corrected chi connectivity index (χ3v) is 11.4. The van der Waals surface area contributed by atoms with Gasteiger partial charge in [-0.25, -0.2) is 0 Å². The van der Waals surface area contributed by atoms with E-state index in [0.717, 1.165) is 31.1 Å². The summed E-state index contributed by atoms with van der Waals surface area (Å²) in [7, 11) is 0. The van der Waals surface area contributed by atoms with E-state index in [1.54, 1.807) is 0 Å². The first kappa shape index (κ1) is 25.5. The molecule has 4 nitrogen and oxygen atoms in total. The van der Waals surface area contributed by atoms with Crippen LogP contribution >= 0.6 is 0 Å². The molecular weight excluding hydrogens is 410 g/mol.